The van der Waals surface area contributed by atoms with Crippen LogP contribution in [0.25, 0.3) is 0 Å². The highest BCUT2D eigenvalue weighted by atomic mass is 16.5. The molecule has 1 aliphatic carbocycles. The van der Waals surface area contributed by atoms with Gasteiger partial charge in [-0.05, 0) is 38.2 Å². The van der Waals surface area contributed by atoms with Crippen molar-refractivity contribution in [2.75, 3.05) is 36.9 Å². The Morgan fingerprint density at radius 2 is 2.06 bits per heavy atom. The Balaban J connectivity index is 1.58. The summed E-state index contributed by atoms with van der Waals surface area (Å²) >= 11 is 0. The van der Waals surface area contributed by atoms with Gasteiger partial charge >= 0.3 is 0 Å². The molecule has 1 aromatic heterocycles. The molecule has 0 radical (unpaired) electrons. The Morgan fingerprint density at radius 1 is 1.28 bits per heavy atom. The van der Waals surface area contributed by atoms with E-state index in [1.54, 1.807) is 0 Å². The maximum absolute atomic E-state index is 5.59. The molecule has 0 atom stereocenters. The lowest BCUT2D eigenvalue weighted by Crippen LogP contribution is -2.07. The topological polar surface area (TPSA) is 46.2 Å². The van der Waals surface area contributed by atoms with E-state index in [-0.39, 0.29) is 0 Å². The molecule has 18 heavy (non-hydrogen) atoms. The van der Waals surface area contributed by atoms with Crippen LogP contribution in [0.5, 0.6) is 0 Å². The van der Waals surface area contributed by atoms with Gasteiger partial charge in [-0.25, -0.2) is 0 Å². The van der Waals surface area contributed by atoms with Crippen molar-refractivity contribution in [1.82, 2.24) is 4.98 Å². The minimum atomic E-state index is 0.851. The molecule has 4 nitrogen and oxygen atoms in total. The summed E-state index contributed by atoms with van der Waals surface area (Å²) in [5.41, 5.74) is 2.13. The third kappa shape index (κ3) is 4.92. The number of pyridine rings is 1. The zero-order valence-electron chi connectivity index (χ0n) is 11.1. The SMILES string of the molecule is CCNc1cncc(NCCCOCC2CC2)c1. The van der Waals surface area contributed by atoms with E-state index in [2.05, 4.69) is 28.6 Å². The molecule has 100 valence electrons. The van der Waals surface area contributed by atoms with E-state index >= 15 is 0 Å². The van der Waals surface area contributed by atoms with Gasteiger partial charge < -0.3 is 15.4 Å². The summed E-state index contributed by atoms with van der Waals surface area (Å²) in [6.07, 6.45) is 7.46. The fourth-order valence-electron chi connectivity index (χ4n) is 1.78. The smallest absolute Gasteiger partial charge is 0.0547 e. The van der Waals surface area contributed by atoms with Crippen LogP contribution in [0.1, 0.15) is 26.2 Å². The fraction of sp³-hybridized carbons (Fsp3) is 0.643. The van der Waals surface area contributed by atoms with Gasteiger partial charge in [-0.2, -0.15) is 0 Å². The van der Waals surface area contributed by atoms with Crippen LogP contribution in [0.15, 0.2) is 18.5 Å². The minimum absolute atomic E-state index is 0.851. The summed E-state index contributed by atoms with van der Waals surface area (Å²) in [5, 5.41) is 6.62. The Morgan fingerprint density at radius 3 is 2.78 bits per heavy atom. The van der Waals surface area contributed by atoms with E-state index in [4.69, 9.17) is 4.74 Å². The van der Waals surface area contributed by atoms with Crippen molar-refractivity contribution in [2.24, 2.45) is 5.92 Å². The number of anilines is 2. The van der Waals surface area contributed by atoms with Gasteiger partial charge in [-0.3, -0.25) is 4.98 Å². The Bertz CT molecular complexity index is 353. The molecule has 0 aromatic carbocycles. The summed E-state index contributed by atoms with van der Waals surface area (Å²) in [6, 6.07) is 2.08. The average Bonchev–Trinajstić information content (AvgIpc) is 3.19. The molecule has 1 heterocycles. The molecule has 0 saturated heterocycles. The predicted molar refractivity (Wildman–Crippen MR) is 75.1 cm³/mol. The van der Waals surface area contributed by atoms with Crippen LogP contribution in [0.2, 0.25) is 0 Å². The largest absolute Gasteiger partial charge is 0.384 e. The molecule has 1 aromatic rings. The molecule has 4 heteroatoms. The van der Waals surface area contributed by atoms with Crippen molar-refractivity contribution in [3.63, 3.8) is 0 Å². The van der Waals surface area contributed by atoms with Gasteiger partial charge in [0.25, 0.3) is 0 Å². The first-order valence-corrected chi connectivity index (χ1v) is 6.89. The molecule has 0 bridgehead atoms. The summed E-state index contributed by atoms with van der Waals surface area (Å²) in [7, 11) is 0. The lowest BCUT2D eigenvalue weighted by Gasteiger charge is -2.08. The number of rotatable bonds is 9. The van der Waals surface area contributed by atoms with Gasteiger partial charge in [0, 0.05) is 26.3 Å². The van der Waals surface area contributed by atoms with Gasteiger partial charge in [0.15, 0.2) is 0 Å². The summed E-state index contributed by atoms with van der Waals surface area (Å²) in [5.74, 6) is 0.860. The maximum Gasteiger partial charge on any atom is 0.0547 e. The highest BCUT2D eigenvalue weighted by Gasteiger charge is 2.20. The van der Waals surface area contributed by atoms with Gasteiger partial charge in [0.05, 0.1) is 23.8 Å². The summed E-state index contributed by atoms with van der Waals surface area (Å²) in [4.78, 5) is 4.19. The Kier molecular flexibility index (Phi) is 5.27. The molecule has 2 rings (SSSR count). The van der Waals surface area contributed by atoms with Crippen molar-refractivity contribution in [1.29, 1.82) is 0 Å². The van der Waals surface area contributed by atoms with Crippen LogP contribution in [0.3, 0.4) is 0 Å². The van der Waals surface area contributed by atoms with Crippen molar-refractivity contribution >= 4 is 11.4 Å². The maximum atomic E-state index is 5.59. The van der Waals surface area contributed by atoms with Crippen LogP contribution in [-0.2, 0) is 4.74 Å². The molecule has 1 aliphatic rings. The van der Waals surface area contributed by atoms with E-state index in [1.807, 2.05) is 12.4 Å². The summed E-state index contributed by atoms with van der Waals surface area (Å²) < 4.78 is 5.59. The van der Waals surface area contributed by atoms with Crippen LogP contribution in [0, 0.1) is 5.92 Å². The number of aromatic nitrogens is 1. The molecule has 1 fully saturated rings. The van der Waals surface area contributed by atoms with E-state index in [9.17, 15) is 0 Å². The molecule has 2 N–H and O–H groups in total. The molecular formula is C14H23N3O. The van der Waals surface area contributed by atoms with Crippen molar-refractivity contribution in [2.45, 2.75) is 26.2 Å². The van der Waals surface area contributed by atoms with Gasteiger partial charge in [-0.1, -0.05) is 0 Å². The standard InChI is InChI=1S/C14H23N3O/c1-2-16-13-8-14(10-15-9-13)17-6-3-7-18-11-12-4-5-12/h8-10,12,16-17H,2-7,11H2,1H3. The van der Waals surface area contributed by atoms with Gasteiger partial charge in [0.1, 0.15) is 0 Å². The van der Waals surface area contributed by atoms with Crippen LogP contribution < -0.4 is 10.6 Å². The van der Waals surface area contributed by atoms with Crippen LogP contribution >= 0.6 is 0 Å². The number of hydrogen-bond acceptors (Lipinski definition) is 4. The lowest BCUT2D eigenvalue weighted by molar-refractivity contribution is 0.124. The van der Waals surface area contributed by atoms with E-state index in [0.29, 0.717) is 0 Å². The number of nitrogens with one attached hydrogen (secondary N) is 2. The number of nitrogens with zero attached hydrogens (tertiary/aromatic N) is 1. The molecule has 0 unspecified atom stereocenters. The van der Waals surface area contributed by atoms with E-state index < -0.39 is 0 Å². The second kappa shape index (κ2) is 7.21. The lowest BCUT2D eigenvalue weighted by atomic mass is 10.3. The summed E-state index contributed by atoms with van der Waals surface area (Å²) in [6.45, 7) is 5.74. The molecular weight excluding hydrogens is 226 g/mol. The highest BCUT2D eigenvalue weighted by Crippen LogP contribution is 2.28. The Hall–Kier alpha value is -1.29. The number of ether oxygens (including phenoxy) is 1. The van der Waals surface area contributed by atoms with Crippen LogP contribution in [0.4, 0.5) is 11.4 Å². The molecule has 1 saturated carbocycles. The van der Waals surface area contributed by atoms with Crippen LogP contribution in [-0.4, -0.2) is 31.3 Å². The third-order valence-electron chi connectivity index (χ3n) is 2.96. The van der Waals surface area contributed by atoms with Gasteiger partial charge in [0.2, 0.25) is 0 Å². The number of hydrogen-bond donors (Lipinski definition) is 2. The van der Waals surface area contributed by atoms with Crippen molar-refractivity contribution < 1.29 is 4.74 Å². The van der Waals surface area contributed by atoms with E-state index in [1.165, 1.54) is 12.8 Å². The average molecular weight is 249 g/mol. The fourth-order valence-corrected chi connectivity index (χ4v) is 1.78. The first-order valence-electron chi connectivity index (χ1n) is 6.89. The van der Waals surface area contributed by atoms with Crippen molar-refractivity contribution in [3.05, 3.63) is 18.5 Å². The molecule has 0 aliphatic heterocycles. The first kappa shape index (κ1) is 13.1. The first-order chi connectivity index (χ1) is 8.88. The second-order valence-electron chi connectivity index (χ2n) is 4.79. The molecule has 0 spiro atoms. The minimum Gasteiger partial charge on any atom is -0.384 e. The molecule has 0 amide bonds. The highest BCUT2D eigenvalue weighted by molar-refractivity contribution is 5.53. The predicted octanol–water partition coefficient (Wildman–Crippen LogP) is 2.74. The zero-order valence-corrected chi connectivity index (χ0v) is 11.1. The second-order valence-corrected chi connectivity index (χ2v) is 4.79. The Labute approximate surface area is 109 Å². The van der Waals surface area contributed by atoms with Gasteiger partial charge in [-0.15, -0.1) is 0 Å². The monoisotopic (exact) mass is 249 g/mol. The normalized spacial score (nSPS) is 14.5. The zero-order chi connectivity index (χ0) is 12.6. The quantitative estimate of drug-likeness (QED) is 0.661. The van der Waals surface area contributed by atoms with Crippen molar-refractivity contribution in [3.8, 4) is 0 Å². The van der Waals surface area contributed by atoms with E-state index in [0.717, 1.165) is 50.0 Å². The third-order valence-corrected chi connectivity index (χ3v) is 2.96.